The van der Waals surface area contributed by atoms with Crippen LogP contribution in [0.25, 0.3) is 6.08 Å². The Bertz CT molecular complexity index is 522. The molecule has 0 amide bonds. The lowest BCUT2D eigenvalue weighted by atomic mass is 9.91. The van der Waals surface area contributed by atoms with Gasteiger partial charge >= 0.3 is 5.97 Å². The topological polar surface area (TPSA) is 26.3 Å². The molecule has 2 heteroatoms. The standard InChI is InChI=1S/C17H18O2/c1-3-11-17(19-14(2)18)12-7-10-16(17)13-15-8-5-4-6-9-15/h1,4-6,8-9,13H,7,10-12H2,2H3/b16-13-. The van der Waals surface area contributed by atoms with Gasteiger partial charge in [-0.3, -0.25) is 4.79 Å². The van der Waals surface area contributed by atoms with E-state index in [-0.39, 0.29) is 5.97 Å². The van der Waals surface area contributed by atoms with Crippen LogP contribution in [0.5, 0.6) is 0 Å². The zero-order valence-electron chi connectivity index (χ0n) is 11.2. The number of hydrogen-bond donors (Lipinski definition) is 0. The van der Waals surface area contributed by atoms with Crippen molar-refractivity contribution in [1.29, 1.82) is 0 Å². The van der Waals surface area contributed by atoms with E-state index in [4.69, 9.17) is 11.2 Å². The Balaban J connectivity index is 2.34. The summed E-state index contributed by atoms with van der Waals surface area (Å²) in [6.45, 7) is 1.44. The first kappa shape index (κ1) is 13.4. The minimum atomic E-state index is -0.587. The maximum atomic E-state index is 11.4. The van der Waals surface area contributed by atoms with Crippen molar-refractivity contribution in [3.05, 3.63) is 41.5 Å². The fourth-order valence-corrected chi connectivity index (χ4v) is 2.70. The number of terminal acetylenes is 1. The Kier molecular flexibility index (Phi) is 4.06. The number of rotatable bonds is 3. The smallest absolute Gasteiger partial charge is 0.303 e. The molecule has 2 nitrogen and oxygen atoms in total. The Hall–Kier alpha value is -2.01. The second-order valence-corrected chi connectivity index (χ2v) is 4.90. The first-order valence-corrected chi connectivity index (χ1v) is 6.55. The molecule has 1 fully saturated rings. The SMILES string of the molecule is C#CCC1(OC(C)=O)CCC/C1=C/c1ccccc1. The van der Waals surface area contributed by atoms with Gasteiger partial charge < -0.3 is 4.74 Å². The molecule has 1 unspecified atom stereocenters. The minimum absolute atomic E-state index is 0.267. The Morgan fingerprint density at radius 2 is 2.21 bits per heavy atom. The van der Waals surface area contributed by atoms with Gasteiger partial charge in [-0.1, -0.05) is 36.4 Å². The van der Waals surface area contributed by atoms with Crippen molar-refractivity contribution in [1.82, 2.24) is 0 Å². The van der Waals surface area contributed by atoms with Gasteiger partial charge in [0.1, 0.15) is 5.60 Å². The molecule has 0 saturated heterocycles. The van der Waals surface area contributed by atoms with Crippen LogP contribution in [0.1, 0.15) is 38.2 Å². The quantitative estimate of drug-likeness (QED) is 0.608. The van der Waals surface area contributed by atoms with Crippen LogP contribution in [0.15, 0.2) is 35.9 Å². The summed E-state index contributed by atoms with van der Waals surface area (Å²) < 4.78 is 5.57. The molecule has 98 valence electrons. The summed E-state index contributed by atoms with van der Waals surface area (Å²) in [7, 11) is 0. The second kappa shape index (κ2) is 5.75. The van der Waals surface area contributed by atoms with Gasteiger partial charge in [0.2, 0.25) is 0 Å². The number of esters is 1. The predicted octanol–water partition coefficient (Wildman–Crippen LogP) is 3.58. The highest BCUT2D eigenvalue weighted by molar-refractivity contribution is 5.68. The largest absolute Gasteiger partial charge is 0.454 e. The number of carbonyl (C=O) groups is 1. The van der Waals surface area contributed by atoms with Gasteiger partial charge in [-0.25, -0.2) is 0 Å². The third-order valence-electron chi connectivity index (χ3n) is 3.48. The van der Waals surface area contributed by atoms with E-state index in [0.717, 1.165) is 30.4 Å². The van der Waals surface area contributed by atoms with Gasteiger partial charge in [0.05, 0.1) is 6.42 Å². The highest BCUT2D eigenvalue weighted by Crippen LogP contribution is 2.41. The van der Waals surface area contributed by atoms with Crippen molar-refractivity contribution in [3.63, 3.8) is 0 Å². The number of carbonyl (C=O) groups excluding carboxylic acids is 1. The van der Waals surface area contributed by atoms with Gasteiger partial charge in [-0.2, -0.15) is 0 Å². The summed E-state index contributed by atoms with van der Waals surface area (Å²) in [5.74, 6) is 2.39. The highest BCUT2D eigenvalue weighted by Gasteiger charge is 2.40. The lowest BCUT2D eigenvalue weighted by molar-refractivity contribution is -0.152. The molecule has 19 heavy (non-hydrogen) atoms. The maximum Gasteiger partial charge on any atom is 0.303 e. The molecule has 1 aromatic carbocycles. The van der Waals surface area contributed by atoms with Gasteiger partial charge in [-0.05, 0) is 30.4 Å². The van der Waals surface area contributed by atoms with Crippen LogP contribution < -0.4 is 0 Å². The van der Waals surface area contributed by atoms with Crippen LogP contribution in [0.2, 0.25) is 0 Å². The molecule has 0 heterocycles. The third-order valence-corrected chi connectivity index (χ3v) is 3.48. The summed E-state index contributed by atoms with van der Waals surface area (Å²) >= 11 is 0. The van der Waals surface area contributed by atoms with Crippen molar-refractivity contribution < 1.29 is 9.53 Å². The number of hydrogen-bond acceptors (Lipinski definition) is 2. The van der Waals surface area contributed by atoms with E-state index in [2.05, 4.69) is 12.0 Å². The Labute approximate surface area is 114 Å². The van der Waals surface area contributed by atoms with E-state index in [1.807, 2.05) is 30.3 Å². The van der Waals surface area contributed by atoms with Crippen molar-refractivity contribution in [3.8, 4) is 12.3 Å². The van der Waals surface area contributed by atoms with Crippen molar-refractivity contribution in [2.24, 2.45) is 0 Å². The number of benzene rings is 1. The fraction of sp³-hybridized carbons (Fsp3) is 0.353. The van der Waals surface area contributed by atoms with Gasteiger partial charge in [0.15, 0.2) is 0 Å². The molecule has 0 bridgehead atoms. The van der Waals surface area contributed by atoms with Gasteiger partial charge in [0.25, 0.3) is 0 Å². The number of ether oxygens (including phenoxy) is 1. The molecule has 0 radical (unpaired) electrons. The fourth-order valence-electron chi connectivity index (χ4n) is 2.70. The van der Waals surface area contributed by atoms with Crippen molar-refractivity contribution in [2.45, 2.75) is 38.2 Å². The van der Waals surface area contributed by atoms with Gasteiger partial charge in [-0.15, -0.1) is 12.3 Å². The average Bonchev–Trinajstić information content (AvgIpc) is 2.73. The molecule has 1 aromatic rings. The molecule has 0 N–H and O–H groups in total. The van der Waals surface area contributed by atoms with Crippen LogP contribution >= 0.6 is 0 Å². The lowest BCUT2D eigenvalue weighted by Crippen LogP contribution is -2.32. The van der Waals surface area contributed by atoms with Gasteiger partial charge in [0, 0.05) is 6.92 Å². The molecule has 0 aliphatic heterocycles. The summed E-state index contributed by atoms with van der Waals surface area (Å²) in [5.41, 5.74) is 1.66. The normalized spacial score (nSPS) is 24.1. The molecular weight excluding hydrogens is 236 g/mol. The van der Waals surface area contributed by atoms with Crippen molar-refractivity contribution in [2.75, 3.05) is 0 Å². The summed E-state index contributed by atoms with van der Waals surface area (Å²) in [4.78, 5) is 11.4. The molecule has 1 saturated carbocycles. The predicted molar refractivity (Wildman–Crippen MR) is 76.2 cm³/mol. The lowest BCUT2D eigenvalue weighted by Gasteiger charge is -2.28. The Morgan fingerprint density at radius 1 is 1.47 bits per heavy atom. The molecule has 2 rings (SSSR count). The zero-order valence-corrected chi connectivity index (χ0v) is 11.2. The molecule has 0 spiro atoms. The summed E-state index contributed by atoms with van der Waals surface area (Å²) in [5, 5.41) is 0. The average molecular weight is 254 g/mol. The zero-order chi connectivity index (χ0) is 13.7. The van der Waals surface area contributed by atoms with E-state index >= 15 is 0 Å². The van der Waals surface area contributed by atoms with Crippen LogP contribution in [-0.2, 0) is 9.53 Å². The second-order valence-electron chi connectivity index (χ2n) is 4.90. The first-order valence-electron chi connectivity index (χ1n) is 6.55. The van der Waals surface area contributed by atoms with E-state index in [1.54, 1.807) is 0 Å². The molecule has 0 aromatic heterocycles. The summed E-state index contributed by atoms with van der Waals surface area (Å²) in [6, 6.07) is 10.1. The first-order chi connectivity index (χ1) is 9.16. The molecule has 1 aliphatic rings. The molecular formula is C17H18O2. The van der Waals surface area contributed by atoms with E-state index < -0.39 is 5.60 Å². The summed E-state index contributed by atoms with van der Waals surface area (Å²) in [6.07, 6.45) is 10.8. The molecule has 1 atom stereocenters. The molecule has 1 aliphatic carbocycles. The highest BCUT2D eigenvalue weighted by atomic mass is 16.6. The maximum absolute atomic E-state index is 11.4. The van der Waals surface area contributed by atoms with Crippen LogP contribution in [0, 0.1) is 12.3 Å². The van der Waals surface area contributed by atoms with E-state index in [9.17, 15) is 4.79 Å². The van der Waals surface area contributed by atoms with Crippen molar-refractivity contribution >= 4 is 12.0 Å². The van der Waals surface area contributed by atoms with Crippen LogP contribution in [-0.4, -0.2) is 11.6 Å². The van der Waals surface area contributed by atoms with E-state index in [1.165, 1.54) is 6.92 Å². The Morgan fingerprint density at radius 3 is 2.84 bits per heavy atom. The monoisotopic (exact) mass is 254 g/mol. The van der Waals surface area contributed by atoms with Crippen LogP contribution in [0.3, 0.4) is 0 Å². The third kappa shape index (κ3) is 3.06. The van der Waals surface area contributed by atoms with E-state index in [0.29, 0.717) is 6.42 Å². The minimum Gasteiger partial charge on any atom is -0.454 e. The van der Waals surface area contributed by atoms with Crippen LogP contribution in [0.4, 0.5) is 0 Å².